The maximum absolute atomic E-state index is 12.7. The van der Waals surface area contributed by atoms with E-state index in [1.165, 1.54) is 30.4 Å². The first-order valence-electron chi connectivity index (χ1n) is 10.8. The normalized spacial score (nSPS) is 16.0. The molecule has 0 bridgehead atoms. The van der Waals surface area contributed by atoms with Crippen molar-refractivity contribution in [3.8, 4) is 0 Å². The average molecular weight is 487 g/mol. The summed E-state index contributed by atoms with van der Waals surface area (Å²) in [6.45, 7) is 7.05. The number of nitrogens with one attached hydrogen (secondary N) is 3. The van der Waals surface area contributed by atoms with Gasteiger partial charge in [0, 0.05) is 18.7 Å². The molecule has 1 aromatic carbocycles. The molecule has 11 heteroatoms. The first-order valence-corrected chi connectivity index (χ1v) is 12.0. The van der Waals surface area contributed by atoms with Gasteiger partial charge >= 0.3 is 0 Å². The average Bonchev–Trinajstić information content (AvgIpc) is 3.43. The quantitative estimate of drug-likeness (QED) is 0.370. The van der Waals surface area contributed by atoms with Crippen LogP contribution in [0.2, 0.25) is 5.02 Å². The van der Waals surface area contributed by atoms with Crippen molar-refractivity contribution in [2.75, 3.05) is 41.3 Å². The van der Waals surface area contributed by atoms with E-state index in [0.717, 1.165) is 25.2 Å². The van der Waals surface area contributed by atoms with Crippen LogP contribution in [0, 0.1) is 6.92 Å². The number of anilines is 5. The van der Waals surface area contributed by atoms with Crippen LogP contribution in [0.3, 0.4) is 0 Å². The molecule has 1 amide bonds. The molecule has 5 N–H and O–H groups in total. The van der Waals surface area contributed by atoms with Gasteiger partial charge in [0.1, 0.15) is 16.5 Å². The van der Waals surface area contributed by atoms with Crippen LogP contribution >= 0.6 is 22.9 Å². The van der Waals surface area contributed by atoms with Crippen LogP contribution in [0.15, 0.2) is 30.5 Å². The molecule has 3 aromatic rings. The number of nitrogens with zero attached hydrogens (tertiary/aromatic N) is 4. The number of benzene rings is 1. The molecule has 0 spiro atoms. The predicted octanol–water partition coefficient (Wildman–Crippen LogP) is 4.37. The number of nitrogens with two attached hydrogens (primary N) is 1. The van der Waals surface area contributed by atoms with E-state index in [1.54, 1.807) is 12.1 Å². The summed E-state index contributed by atoms with van der Waals surface area (Å²) in [6, 6.07) is 7.74. The molecule has 33 heavy (non-hydrogen) atoms. The number of halogens is 1. The van der Waals surface area contributed by atoms with E-state index in [1.807, 2.05) is 19.1 Å². The Bertz CT molecular complexity index is 1120. The standard InChI is InChI=1S/C22H27ClN8OS/c1-3-31-9-5-7-14(31)11-25-17-10-18(28-21(24)27-17)29-22-26-12-16(33-22)20(32)30-19-13(2)6-4-8-15(19)23/h4,6,8,10,12,14H,3,5,7,9,11H2,1-2H3,(H,30,32)(H4,24,25,26,27,28,29)/t14-/m1/s1. The van der Waals surface area contributed by atoms with Crippen molar-refractivity contribution in [1.82, 2.24) is 19.9 Å². The number of hydrogen-bond donors (Lipinski definition) is 4. The van der Waals surface area contributed by atoms with Crippen molar-refractivity contribution in [3.05, 3.63) is 45.9 Å². The summed E-state index contributed by atoms with van der Waals surface area (Å²) in [5.74, 6) is 1.03. The summed E-state index contributed by atoms with van der Waals surface area (Å²) in [5.41, 5.74) is 7.39. The van der Waals surface area contributed by atoms with E-state index in [2.05, 4.69) is 42.7 Å². The predicted molar refractivity (Wildman–Crippen MR) is 135 cm³/mol. The van der Waals surface area contributed by atoms with E-state index in [0.29, 0.717) is 38.4 Å². The topological polar surface area (TPSA) is 121 Å². The van der Waals surface area contributed by atoms with Gasteiger partial charge in [-0.25, -0.2) is 4.98 Å². The Balaban J connectivity index is 1.41. The summed E-state index contributed by atoms with van der Waals surface area (Å²) in [7, 11) is 0. The second-order valence-electron chi connectivity index (χ2n) is 7.84. The number of carbonyl (C=O) groups excluding carboxylic acids is 1. The lowest BCUT2D eigenvalue weighted by Gasteiger charge is -2.23. The fourth-order valence-corrected chi connectivity index (χ4v) is 4.88. The molecule has 174 valence electrons. The third-order valence-corrected chi connectivity index (χ3v) is 6.82. The van der Waals surface area contributed by atoms with Gasteiger partial charge in [-0.2, -0.15) is 9.97 Å². The molecule has 0 aliphatic carbocycles. The third-order valence-electron chi connectivity index (χ3n) is 5.59. The number of carbonyl (C=O) groups is 1. The fourth-order valence-electron chi connectivity index (χ4n) is 3.90. The zero-order valence-electron chi connectivity index (χ0n) is 18.6. The molecule has 1 aliphatic rings. The smallest absolute Gasteiger partial charge is 0.267 e. The van der Waals surface area contributed by atoms with E-state index >= 15 is 0 Å². The number of rotatable bonds is 8. The van der Waals surface area contributed by atoms with Gasteiger partial charge in [0.2, 0.25) is 5.95 Å². The van der Waals surface area contributed by atoms with Gasteiger partial charge in [-0.15, -0.1) is 0 Å². The summed E-state index contributed by atoms with van der Waals surface area (Å²) < 4.78 is 0. The molecule has 9 nitrogen and oxygen atoms in total. The Hall–Kier alpha value is -2.95. The highest BCUT2D eigenvalue weighted by Gasteiger charge is 2.22. The van der Waals surface area contributed by atoms with Gasteiger partial charge in [-0.1, -0.05) is 42.0 Å². The largest absolute Gasteiger partial charge is 0.368 e. The Kier molecular flexibility index (Phi) is 7.26. The number of likely N-dealkylation sites (tertiary alicyclic amines) is 1. The number of amides is 1. The van der Waals surface area contributed by atoms with Crippen LogP contribution in [-0.2, 0) is 0 Å². The second kappa shape index (κ2) is 10.3. The van der Waals surface area contributed by atoms with Gasteiger partial charge in [-0.3, -0.25) is 9.69 Å². The summed E-state index contributed by atoms with van der Waals surface area (Å²) in [5, 5.41) is 10.4. The first kappa shape index (κ1) is 23.2. The zero-order valence-corrected chi connectivity index (χ0v) is 20.1. The molecule has 1 atom stereocenters. The molecule has 1 fully saturated rings. The lowest BCUT2D eigenvalue weighted by atomic mass is 10.2. The van der Waals surface area contributed by atoms with Crippen LogP contribution in [0.4, 0.5) is 28.4 Å². The van der Waals surface area contributed by atoms with Crippen molar-refractivity contribution >= 4 is 57.2 Å². The van der Waals surface area contributed by atoms with E-state index < -0.39 is 0 Å². The molecule has 3 heterocycles. The number of hydrogen-bond acceptors (Lipinski definition) is 9. The van der Waals surface area contributed by atoms with Gasteiger partial charge < -0.3 is 21.7 Å². The lowest BCUT2D eigenvalue weighted by Crippen LogP contribution is -2.34. The molecule has 4 rings (SSSR count). The van der Waals surface area contributed by atoms with Gasteiger partial charge in [0.05, 0.1) is 16.9 Å². The van der Waals surface area contributed by atoms with E-state index in [4.69, 9.17) is 17.3 Å². The van der Waals surface area contributed by atoms with Crippen molar-refractivity contribution in [3.63, 3.8) is 0 Å². The fraction of sp³-hybridized carbons (Fsp3) is 0.364. The second-order valence-corrected chi connectivity index (χ2v) is 9.28. The van der Waals surface area contributed by atoms with Crippen molar-refractivity contribution in [1.29, 1.82) is 0 Å². The number of nitrogen functional groups attached to an aromatic ring is 1. The number of likely N-dealkylation sites (N-methyl/N-ethyl adjacent to an activating group) is 1. The SMILES string of the molecule is CCN1CCC[C@@H]1CNc1cc(Nc2ncc(C(=O)Nc3c(C)cccc3Cl)s2)nc(N)n1. The maximum atomic E-state index is 12.7. The molecule has 0 saturated carbocycles. The van der Waals surface area contributed by atoms with E-state index in [-0.39, 0.29) is 11.9 Å². The van der Waals surface area contributed by atoms with Crippen molar-refractivity contribution < 1.29 is 4.79 Å². The van der Waals surface area contributed by atoms with Gasteiger partial charge in [0.15, 0.2) is 5.13 Å². The Labute approximate surface area is 201 Å². The highest BCUT2D eigenvalue weighted by Crippen LogP contribution is 2.28. The molecular formula is C22H27ClN8OS. The maximum Gasteiger partial charge on any atom is 0.267 e. The molecule has 0 unspecified atom stereocenters. The lowest BCUT2D eigenvalue weighted by molar-refractivity contribution is 0.103. The molecular weight excluding hydrogens is 460 g/mol. The minimum absolute atomic E-state index is 0.157. The highest BCUT2D eigenvalue weighted by atomic mass is 35.5. The molecule has 2 aromatic heterocycles. The van der Waals surface area contributed by atoms with Crippen molar-refractivity contribution in [2.24, 2.45) is 0 Å². The van der Waals surface area contributed by atoms with Gasteiger partial charge in [-0.05, 0) is 44.5 Å². The van der Waals surface area contributed by atoms with Crippen LogP contribution in [0.5, 0.6) is 0 Å². The highest BCUT2D eigenvalue weighted by molar-refractivity contribution is 7.17. The summed E-state index contributed by atoms with van der Waals surface area (Å²) in [6.07, 6.45) is 3.90. The number of aryl methyl sites for hydroxylation is 1. The first-order chi connectivity index (χ1) is 15.9. The van der Waals surface area contributed by atoms with Crippen LogP contribution in [0.1, 0.15) is 35.0 Å². The zero-order chi connectivity index (χ0) is 23.4. The summed E-state index contributed by atoms with van der Waals surface area (Å²) in [4.78, 5) is 28.4. The molecule has 1 aliphatic heterocycles. The van der Waals surface area contributed by atoms with Crippen molar-refractivity contribution in [2.45, 2.75) is 32.7 Å². The summed E-state index contributed by atoms with van der Waals surface area (Å²) >= 11 is 7.42. The Morgan fingerprint density at radius 3 is 2.94 bits per heavy atom. The number of thiazole rings is 1. The van der Waals surface area contributed by atoms with Crippen LogP contribution < -0.4 is 21.7 Å². The van der Waals surface area contributed by atoms with Crippen LogP contribution in [-0.4, -0.2) is 51.4 Å². The monoisotopic (exact) mass is 486 g/mol. The Morgan fingerprint density at radius 2 is 2.15 bits per heavy atom. The number of aromatic nitrogens is 3. The van der Waals surface area contributed by atoms with Gasteiger partial charge in [0.25, 0.3) is 5.91 Å². The minimum Gasteiger partial charge on any atom is -0.368 e. The van der Waals surface area contributed by atoms with Crippen LogP contribution in [0.25, 0.3) is 0 Å². The Morgan fingerprint density at radius 1 is 1.33 bits per heavy atom. The molecule has 0 radical (unpaired) electrons. The number of para-hydroxylation sites is 1. The third kappa shape index (κ3) is 5.70. The molecule has 1 saturated heterocycles. The minimum atomic E-state index is -0.279. The van der Waals surface area contributed by atoms with E-state index in [9.17, 15) is 4.79 Å².